The molecule has 146 valence electrons. The van der Waals surface area contributed by atoms with Gasteiger partial charge in [-0.15, -0.1) is 0 Å². The molecule has 1 aromatic heterocycles. The predicted molar refractivity (Wildman–Crippen MR) is 112 cm³/mol. The number of benzene rings is 2. The normalized spacial score (nSPS) is 11.6. The third-order valence-electron chi connectivity index (χ3n) is 4.68. The minimum absolute atomic E-state index is 0.214. The third-order valence-corrected chi connectivity index (χ3v) is 4.68. The Morgan fingerprint density at radius 2 is 1.86 bits per heavy atom. The number of nitrogens with one attached hydrogen (secondary N) is 1. The van der Waals surface area contributed by atoms with Crippen LogP contribution >= 0.6 is 0 Å². The molecule has 0 radical (unpaired) electrons. The number of carbonyl (C=O) groups excluding carboxylic acids is 1. The lowest BCUT2D eigenvalue weighted by molar-refractivity contribution is -0.0961. The van der Waals surface area contributed by atoms with Crippen LogP contribution in [0.3, 0.4) is 0 Å². The summed E-state index contributed by atoms with van der Waals surface area (Å²) in [7, 11) is 5.19. The van der Waals surface area contributed by atoms with Gasteiger partial charge in [-0.3, -0.25) is 14.6 Å². The molecule has 0 bridgehead atoms. The number of amidine groups is 1. The van der Waals surface area contributed by atoms with E-state index >= 15 is 0 Å². The lowest BCUT2D eigenvalue weighted by atomic mass is 10.0. The second-order valence-electron chi connectivity index (χ2n) is 6.39. The summed E-state index contributed by atoms with van der Waals surface area (Å²) in [5, 5.41) is 3.37. The lowest BCUT2D eigenvalue weighted by Gasteiger charge is -2.26. The fraction of sp³-hybridized carbons (Fsp3) is 0.238. The molecule has 3 N–H and O–H groups in total. The first-order valence-electron chi connectivity index (χ1n) is 9.01. The number of hydrogen-bond acceptors (Lipinski definition) is 4. The summed E-state index contributed by atoms with van der Waals surface area (Å²) in [6, 6.07) is 15.4. The first kappa shape index (κ1) is 19.4. The molecule has 0 atom stereocenters. The molecular formula is C21H25N5O2. The number of nitrogens with zero attached hydrogens (tertiary/aromatic N) is 3. The molecule has 0 saturated heterocycles. The number of hydroxylamine groups is 2. The van der Waals surface area contributed by atoms with Crippen molar-refractivity contribution in [2.75, 3.05) is 40.0 Å². The molecule has 7 nitrogen and oxygen atoms in total. The van der Waals surface area contributed by atoms with Gasteiger partial charge in [0.05, 0.1) is 13.7 Å². The monoisotopic (exact) mass is 379 g/mol. The highest BCUT2D eigenvalue weighted by molar-refractivity contribution is 6.11. The van der Waals surface area contributed by atoms with Gasteiger partial charge < -0.3 is 15.6 Å². The van der Waals surface area contributed by atoms with E-state index in [9.17, 15) is 4.79 Å². The van der Waals surface area contributed by atoms with Gasteiger partial charge in [-0.2, -0.15) is 0 Å². The fourth-order valence-electron chi connectivity index (χ4n) is 3.25. The summed E-state index contributed by atoms with van der Waals surface area (Å²) in [6.07, 6.45) is 1.71. The van der Waals surface area contributed by atoms with Gasteiger partial charge in [0.2, 0.25) is 0 Å². The standard InChI is InChI=1S/C21H25N5O2/c1-23-20(17-9-4-8-16-15(17)7-5-10-18(16)22)25(2)13-14-26(28-3)21(27)19-11-6-12-24-19/h4-12,24H,13-14,22H2,1-3H3/b23-20-. The summed E-state index contributed by atoms with van der Waals surface area (Å²) < 4.78 is 0. The Morgan fingerprint density at radius 3 is 2.54 bits per heavy atom. The Bertz CT molecular complexity index is 982. The zero-order valence-electron chi connectivity index (χ0n) is 16.3. The SMILES string of the molecule is C/N=C(/c1cccc2c(N)cccc12)N(C)CCN(OC)C(=O)c1ccc[nH]1. The van der Waals surface area contributed by atoms with Crippen LogP contribution in [0.2, 0.25) is 0 Å². The van der Waals surface area contributed by atoms with Crippen molar-refractivity contribution in [1.82, 2.24) is 14.9 Å². The molecule has 0 aliphatic heterocycles. The highest BCUT2D eigenvalue weighted by atomic mass is 16.7. The number of aromatic amines is 1. The quantitative estimate of drug-likeness (QED) is 0.298. The van der Waals surface area contributed by atoms with Crippen LogP contribution in [0.4, 0.5) is 5.69 Å². The number of aliphatic imine (C=N–C) groups is 1. The van der Waals surface area contributed by atoms with E-state index in [1.54, 1.807) is 25.4 Å². The number of nitrogens with two attached hydrogens (primary N) is 1. The Morgan fingerprint density at radius 1 is 1.11 bits per heavy atom. The summed E-state index contributed by atoms with van der Waals surface area (Å²) in [5.74, 6) is 0.605. The second-order valence-corrected chi connectivity index (χ2v) is 6.39. The van der Waals surface area contributed by atoms with E-state index in [1.165, 1.54) is 12.2 Å². The number of aromatic nitrogens is 1. The Balaban J connectivity index is 1.79. The van der Waals surface area contributed by atoms with Crippen LogP contribution in [-0.4, -0.2) is 61.0 Å². The van der Waals surface area contributed by atoms with E-state index < -0.39 is 0 Å². The van der Waals surface area contributed by atoms with Crippen molar-refractivity contribution >= 4 is 28.2 Å². The minimum atomic E-state index is -0.214. The molecule has 2 aromatic carbocycles. The average molecular weight is 379 g/mol. The summed E-state index contributed by atoms with van der Waals surface area (Å²) in [5.41, 5.74) is 8.34. The van der Waals surface area contributed by atoms with Crippen molar-refractivity contribution in [2.24, 2.45) is 4.99 Å². The molecule has 1 heterocycles. The van der Waals surface area contributed by atoms with E-state index in [1.807, 2.05) is 48.3 Å². The van der Waals surface area contributed by atoms with Crippen molar-refractivity contribution in [3.8, 4) is 0 Å². The van der Waals surface area contributed by atoms with Crippen LogP contribution in [0.5, 0.6) is 0 Å². The third kappa shape index (κ3) is 3.84. The molecule has 0 fully saturated rings. The number of carbonyl (C=O) groups is 1. The van der Waals surface area contributed by atoms with E-state index in [4.69, 9.17) is 10.6 Å². The maximum absolute atomic E-state index is 12.5. The van der Waals surface area contributed by atoms with Gasteiger partial charge in [-0.25, -0.2) is 5.06 Å². The zero-order valence-corrected chi connectivity index (χ0v) is 16.3. The van der Waals surface area contributed by atoms with Crippen LogP contribution in [0.1, 0.15) is 16.1 Å². The van der Waals surface area contributed by atoms with Gasteiger partial charge in [0.15, 0.2) is 0 Å². The van der Waals surface area contributed by atoms with E-state index in [-0.39, 0.29) is 5.91 Å². The topological polar surface area (TPSA) is 86.9 Å². The molecule has 3 rings (SSSR count). The summed E-state index contributed by atoms with van der Waals surface area (Å²) >= 11 is 0. The van der Waals surface area contributed by atoms with Crippen molar-refractivity contribution in [3.63, 3.8) is 0 Å². The van der Waals surface area contributed by atoms with Gasteiger partial charge >= 0.3 is 0 Å². The highest BCUT2D eigenvalue weighted by Gasteiger charge is 2.19. The number of rotatable bonds is 6. The Labute approximate surface area is 164 Å². The minimum Gasteiger partial charge on any atom is -0.398 e. The van der Waals surface area contributed by atoms with Gasteiger partial charge in [0.1, 0.15) is 11.5 Å². The molecule has 28 heavy (non-hydrogen) atoms. The van der Waals surface area contributed by atoms with Crippen LogP contribution in [0.15, 0.2) is 59.7 Å². The maximum atomic E-state index is 12.5. The Kier molecular flexibility index (Phi) is 5.96. The van der Waals surface area contributed by atoms with Gasteiger partial charge in [0.25, 0.3) is 5.91 Å². The largest absolute Gasteiger partial charge is 0.398 e. The first-order chi connectivity index (χ1) is 13.6. The molecule has 0 unspecified atom stereocenters. The molecule has 3 aromatic rings. The summed E-state index contributed by atoms with van der Waals surface area (Å²) in [4.78, 5) is 27.1. The summed E-state index contributed by atoms with van der Waals surface area (Å²) in [6.45, 7) is 0.933. The number of anilines is 1. The van der Waals surface area contributed by atoms with E-state index in [2.05, 4.69) is 9.98 Å². The van der Waals surface area contributed by atoms with Crippen LogP contribution in [0.25, 0.3) is 10.8 Å². The average Bonchev–Trinajstić information content (AvgIpc) is 3.24. The Hall–Kier alpha value is -3.32. The smallest absolute Gasteiger partial charge is 0.293 e. The van der Waals surface area contributed by atoms with Crippen molar-refractivity contribution in [2.45, 2.75) is 0 Å². The first-order valence-corrected chi connectivity index (χ1v) is 9.01. The van der Waals surface area contributed by atoms with Gasteiger partial charge in [-0.1, -0.05) is 30.3 Å². The molecule has 0 spiro atoms. The molecule has 7 heteroatoms. The van der Waals surface area contributed by atoms with E-state index in [0.29, 0.717) is 18.8 Å². The van der Waals surface area contributed by atoms with Gasteiger partial charge in [0, 0.05) is 43.5 Å². The number of hydrogen-bond donors (Lipinski definition) is 2. The van der Waals surface area contributed by atoms with Crippen molar-refractivity contribution in [3.05, 3.63) is 66.0 Å². The van der Waals surface area contributed by atoms with Crippen LogP contribution < -0.4 is 5.73 Å². The lowest BCUT2D eigenvalue weighted by Crippen LogP contribution is -2.39. The van der Waals surface area contributed by atoms with E-state index in [0.717, 1.165) is 27.9 Å². The van der Waals surface area contributed by atoms with Crippen LogP contribution in [0, 0.1) is 0 Å². The molecular weight excluding hydrogens is 354 g/mol. The zero-order chi connectivity index (χ0) is 20.1. The molecule has 0 aliphatic carbocycles. The molecule has 0 saturated carbocycles. The van der Waals surface area contributed by atoms with Crippen molar-refractivity contribution in [1.29, 1.82) is 0 Å². The fourth-order valence-corrected chi connectivity index (χ4v) is 3.25. The number of amides is 1. The van der Waals surface area contributed by atoms with Gasteiger partial charge in [-0.05, 0) is 23.6 Å². The highest BCUT2D eigenvalue weighted by Crippen LogP contribution is 2.25. The van der Waals surface area contributed by atoms with Crippen LogP contribution in [-0.2, 0) is 4.84 Å². The number of likely N-dealkylation sites (N-methyl/N-ethyl adjacent to an activating group) is 1. The number of fused-ring (bicyclic) bond motifs is 1. The maximum Gasteiger partial charge on any atom is 0.293 e. The number of nitrogen functional groups attached to an aromatic ring is 1. The molecule has 0 aliphatic rings. The predicted octanol–water partition coefficient (Wildman–Crippen LogP) is 2.76. The molecule has 1 amide bonds. The van der Waals surface area contributed by atoms with Crippen molar-refractivity contribution < 1.29 is 9.63 Å². The number of H-pyrrole nitrogens is 1. The second kappa shape index (κ2) is 8.58.